The van der Waals surface area contributed by atoms with Gasteiger partial charge in [-0.3, -0.25) is 4.79 Å². The number of aromatic nitrogens is 1. The molecular formula is C20H18N2O2S. The van der Waals surface area contributed by atoms with E-state index in [-0.39, 0.29) is 11.8 Å². The Hall–Kier alpha value is -2.50. The van der Waals surface area contributed by atoms with E-state index in [0.29, 0.717) is 13.2 Å². The van der Waals surface area contributed by atoms with E-state index in [1.54, 1.807) is 11.3 Å². The highest BCUT2D eigenvalue weighted by Crippen LogP contribution is 2.29. The van der Waals surface area contributed by atoms with Crippen molar-refractivity contribution in [1.82, 2.24) is 4.98 Å². The number of hydrogen-bond donors (Lipinski definition) is 1. The van der Waals surface area contributed by atoms with Gasteiger partial charge in [-0.25, -0.2) is 4.98 Å². The van der Waals surface area contributed by atoms with Crippen molar-refractivity contribution >= 4 is 22.9 Å². The Kier molecular flexibility index (Phi) is 4.59. The normalized spacial score (nSPS) is 16.7. The minimum atomic E-state index is -0.0355. The number of nitrogens with zero attached hydrogens (tertiary/aromatic N) is 1. The summed E-state index contributed by atoms with van der Waals surface area (Å²) in [5.41, 5.74) is 3.92. The number of amides is 1. The monoisotopic (exact) mass is 350 g/mol. The first-order valence-corrected chi connectivity index (χ1v) is 9.17. The number of carbonyl (C=O) groups is 1. The molecule has 126 valence electrons. The molecule has 0 aliphatic carbocycles. The summed E-state index contributed by atoms with van der Waals surface area (Å²) in [6.45, 7) is 1.19. The molecule has 1 N–H and O–H groups in total. The molecule has 1 saturated heterocycles. The maximum atomic E-state index is 12.1. The molecule has 1 aromatic heterocycles. The van der Waals surface area contributed by atoms with Gasteiger partial charge in [0.05, 0.1) is 18.2 Å². The molecule has 2 heterocycles. The molecule has 4 rings (SSSR count). The summed E-state index contributed by atoms with van der Waals surface area (Å²) < 4.78 is 5.26. The molecule has 0 bridgehead atoms. The predicted molar refractivity (Wildman–Crippen MR) is 101 cm³/mol. The van der Waals surface area contributed by atoms with Gasteiger partial charge < -0.3 is 10.1 Å². The molecule has 0 radical (unpaired) electrons. The second-order valence-electron chi connectivity index (χ2n) is 6.03. The summed E-state index contributed by atoms with van der Waals surface area (Å²) in [5, 5.41) is 6.03. The van der Waals surface area contributed by atoms with Gasteiger partial charge in [0.1, 0.15) is 5.01 Å². The van der Waals surface area contributed by atoms with Crippen molar-refractivity contribution in [2.24, 2.45) is 5.92 Å². The van der Waals surface area contributed by atoms with Crippen LogP contribution >= 0.6 is 11.3 Å². The smallest absolute Gasteiger partial charge is 0.229 e. The summed E-state index contributed by atoms with van der Waals surface area (Å²) in [7, 11) is 0. The number of nitrogens with one attached hydrogen (secondary N) is 1. The van der Waals surface area contributed by atoms with Gasteiger partial charge in [0.25, 0.3) is 0 Å². The van der Waals surface area contributed by atoms with E-state index in [9.17, 15) is 4.79 Å². The molecule has 0 spiro atoms. The Morgan fingerprint density at radius 3 is 2.60 bits per heavy atom. The topological polar surface area (TPSA) is 51.2 Å². The molecule has 1 atom stereocenters. The van der Waals surface area contributed by atoms with Crippen LogP contribution in [0.2, 0.25) is 0 Å². The third kappa shape index (κ3) is 3.62. The Morgan fingerprint density at radius 2 is 1.88 bits per heavy atom. The fourth-order valence-corrected chi connectivity index (χ4v) is 3.66. The van der Waals surface area contributed by atoms with Crippen molar-refractivity contribution in [3.05, 3.63) is 60.0 Å². The minimum absolute atomic E-state index is 0.0327. The van der Waals surface area contributed by atoms with Crippen LogP contribution in [0.4, 0.5) is 5.69 Å². The van der Waals surface area contributed by atoms with Crippen molar-refractivity contribution in [3.63, 3.8) is 0 Å². The van der Waals surface area contributed by atoms with Crippen molar-refractivity contribution < 1.29 is 9.53 Å². The number of hydrogen-bond acceptors (Lipinski definition) is 4. The number of benzene rings is 2. The minimum Gasteiger partial charge on any atom is -0.381 e. The number of ether oxygens (including phenoxy) is 1. The Bertz CT molecular complexity index is 853. The van der Waals surface area contributed by atoms with E-state index in [0.717, 1.165) is 33.9 Å². The van der Waals surface area contributed by atoms with Crippen molar-refractivity contribution in [2.75, 3.05) is 18.5 Å². The first kappa shape index (κ1) is 16.0. The molecular weight excluding hydrogens is 332 g/mol. The van der Waals surface area contributed by atoms with Crippen LogP contribution in [0.25, 0.3) is 21.8 Å². The average molecular weight is 350 g/mol. The zero-order valence-electron chi connectivity index (χ0n) is 13.6. The molecule has 0 saturated carbocycles. The van der Waals surface area contributed by atoms with Crippen LogP contribution < -0.4 is 5.32 Å². The zero-order chi connectivity index (χ0) is 17.1. The largest absolute Gasteiger partial charge is 0.381 e. The molecule has 25 heavy (non-hydrogen) atoms. The third-order valence-corrected chi connectivity index (χ3v) is 5.16. The van der Waals surface area contributed by atoms with Crippen LogP contribution in [-0.4, -0.2) is 24.1 Å². The van der Waals surface area contributed by atoms with E-state index >= 15 is 0 Å². The van der Waals surface area contributed by atoms with E-state index in [4.69, 9.17) is 9.72 Å². The Balaban J connectivity index is 1.47. The van der Waals surface area contributed by atoms with Gasteiger partial charge in [-0.05, 0) is 18.6 Å². The molecule has 1 aliphatic rings. The quantitative estimate of drug-likeness (QED) is 0.756. The molecule has 3 aromatic rings. The van der Waals surface area contributed by atoms with Gasteiger partial charge in [0.2, 0.25) is 5.91 Å². The highest BCUT2D eigenvalue weighted by molar-refractivity contribution is 7.13. The van der Waals surface area contributed by atoms with Crippen molar-refractivity contribution in [1.29, 1.82) is 0 Å². The zero-order valence-corrected chi connectivity index (χ0v) is 14.5. The number of carbonyl (C=O) groups excluding carboxylic acids is 1. The first-order valence-electron chi connectivity index (χ1n) is 8.29. The lowest BCUT2D eigenvalue weighted by Crippen LogP contribution is -2.22. The van der Waals surface area contributed by atoms with Gasteiger partial charge in [-0.1, -0.05) is 42.5 Å². The van der Waals surface area contributed by atoms with E-state index in [1.807, 2.05) is 42.5 Å². The van der Waals surface area contributed by atoms with Gasteiger partial charge in [-0.2, -0.15) is 0 Å². The van der Waals surface area contributed by atoms with Crippen molar-refractivity contribution in [2.45, 2.75) is 6.42 Å². The molecule has 1 aliphatic heterocycles. The molecule has 1 fully saturated rings. The molecule has 0 unspecified atom stereocenters. The fourth-order valence-electron chi connectivity index (χ4n) is 2.83. The summed E-state index contributed by atoms with van der Waals surface area (Å²) in [6, 6.07) is 18.0. The summed E-state index contributed by atoms with van der Waals surface area (Å²) in [4.78, 5) is 16.8. The Morgan fingerprint density at radius 1 is 1.08 bits per heavy atom. The van der Waals surface area contributed by atoms with Crippen LogP contribution in [0.5, 0.6) is 0 Å². The van der Waals surface area contributed by atoms with Crippen LogP contribution in [0.3, 0.4) is 0 Å². The molecule has 2 aromatic carbocycles. The van der Waals surface area contributed by atoms with E-state index in [2.05, 4.69) is 22.8 Å². The van der Waals surface area contributed by atoms with Gasteiger partial charge in [0, 0.05) is 28.8 Å². The van der Waals surface area contributed by atoms with Crippen LogP contribution in [-0.2, 0) is 9.53 Å². The number of thiazole rings is 1. The summed E-state index contributed by atoms with van der Waals surface area (Å²) in [6.07, 6.45) is 0.797. The summed E-state index contributed by atoms with van der Waals surface area (Å²) in [5.74, 6) is -0.00285. The lowest BCUT2D eigenvalue weighted by atomic mass is 10.1. The van der Waals surface area contributed by atoms with E-state index in [1.165, 1.54) is 0 Å². The number of anilines is 1. The number of rotatable bonds is 4. The summed E-state index contributed by atoms with van der Waals surface area (Å²) >= 11 is 1.63. The van der Waals surface area contributed by atoms with Crippen molar-refractivity contribution in [3.8, 4) is 21.8 Å². The maximum Gasteiger partial charge on any atom is 0.229 e. The van der Waals surface area contributed by atoms with Gasteiger partial charge >= 0.3 is 0 Å². The molecule has 1 amide bonds. The van der Waals surface area contributed by atoms with Crippen LogP contribution in [0, 0.1) is 5.92 Å². The lowest BCUT2D eigenvalue weighted by molar-refractivity contribution is -0.119. The van der Waals surface area contributed by atoms with Gasteiger partial charge in [-0.15, -0.1) is 11.3 Å². The highest BCUT2D eigenvalue weighted by atomic mass is 32.1. The second-order valence-corrected chi connectivity index (χ2v) is 6.89. The van der Waals surface area contributed by atoms with Crippen LogP contribution in [0.1, 0.15) is 6.42 Å². The van der Waals surface area contributed by atoms with Crippen LogP contribution in [0.15, 0.2) is 60.0 Å². The SMILES string of the molecule is O=C(Nc1ccc(-c2csc(-c3ccccc3)n2)cc1)[C@H]1CCOC1. The predicted octanol–water partition coefficient (Wildman–Crippen LogP) is 4.45. The average Bonchev–Trinajstić information content (AvgIpc) is 3.35. The maximum absolute atomic E-state index is 12.1. The molecule has 4 nitrogen and oxygen atoms in total. The van der Waals surface area contributed by atoms with E-state index < -0.39 is 0 Å². The van der Waals surface area contributed by atoms with Gasteiger partial charge in [0.15, 0.2) is 0 Å². The lowest BCUT2D eigenvalue weighted by Gasteiger charge is -2.09. The highest BCUT2D eigenvalue weighted by Gasteiger charge is 2.23. The first-order chi connectivity index (χ1) is 12.3. The Labute approximate surface area is 150 Å². The fraction of sp³-hybridized carbons (Fsp3) is 0.200. The standard InChI is InChI=1S/C20H18N2O2S/c23-19(16-10-11-24-12-16)21-17-8-6-14(7-9-17)18-13-25-20(22-18)15-4-2-1-3-5-15/h1-9,13,16H,10-12H2,(H,21,23)/t16-/m0/s1. The third-order valence-electron chi connectivity index (χ3n) is 4.27. The second kappa shape index (κ2) is 7.17. The molecule has 5 heteroatoms.